The van der Waals surface area contributed by atoms with Gasteiger partial charge < -0.3 is 5.21 Å². The van der Waals surface area contributed by atoms with E-state index < -0.39 is 0 Å². The third kappa shape index (κ3) is 2.44. The lowest BCUT2D eigenvalue weighted by atomic mass is 10.3. The molecule has 2 rings (SSSR count). The van der Waals surface area contributed by atoms with Crippen molar-refractivity contribution in [2.45, 2.75) is 30.4 Å². The van der Waals surface area contributed by atoms with Crippen LogP contribution in [-0.4, -0.2) is 9.73 Å². The minimum Gasteiger partial charge on any atom is -0.618 e. The van der Waals surface area contributed by atoms with Crippen molar-refractivity contribution in [1.82, 2.24) is 4.98 Å². The molecule has 0 atom stereocenters. The van der Waals surface area contributed by atoms with Gasteiger partial charge in [-0.15, -0.1) is 11.8 Å². The van der Waals surface area contributed by atoms with Crippen LogP contribution in [0.4, 0.5) is 0 Å². The maximum absolute atomic E-state index is 11.7. The van der Waals surface area contributed by atoms with Crippen molar-refractivity contribution < 1.29 is 4.73 Å². The van der Waals surface area contributed by atoms with Gasteiger partial charge in [0.15, 0.2) is 6.20 Å². The van der Waals surface area contributed by atoms with Gasteiger partial charge in [-0.2, -0.15) is 4.73 Å². The molecule has 0 aliphatic rings. The highest BCUT2D eigenvalue weighted by molar-refractivity contribution is 8.00. The first-order valence-corrected chi connectivity index (χ1v) is 5.94. The van der Waals surface area contributed by atoms with E-state index in [2.05, 4.69) is 25.8 Å². The maximum atomic E-state index is 11.7. The number of aromatic nitrogens is 2. The highest BCUT2D eigenvalue weighted by Crippen LogP contribution is 2.31. The standard InChI is InChI=1S/C12H14N2OS/c1-12(2,3)16-9-7-10-11(14(15)8-9)5-4-6-13-10/h4-8H,1-3H3. The second-order valence-electron chi connectivity index (χ2n) is 4.62. The number of fused-ring (bicyclic) bond motifs is 1. The van der Waals surface area contributed by atoms with Crippen LogP contribution in [0, 0.1) is 5.21 Å². The van der Waals surface area contributed by atoms with Gasteiger partial charge in [-0.05, 0) is 12.1 Å². The van der Waals surface area contributed by atoms with Crippen LogP contribution in [0.2, 0.25) is 0 Å². The monoisotopic (exact) mass is 234 g/mol. The van der Waals surface area contributed by atoms with Crippen molar-refractivity contribution in [1.29, 1.82) is 0 Å². The van der Waals surface area contributed by atoms with Crippen molar-refractivity contribution in [3.05, 3.63) is 35.8 Å². The second kappa shape index (κ2) is 3.94. The molecule has 0 aliphatic heterocycles. The third-order valence-electron chi connectivity index (χ3n) is 2.00. The van der Waals surface area contributed by atoms with Crippen molar-refractivity contribution in [3.63, 3.8) is 0 Å². The number of thioether (sulfide) groups is 1. The molecular formula is C12H14N2OS. The van der Waals surface area contributed by atoms with Gasteiger partial charge in [0, 0.05) is 17.0 Å². The molecule has 0 saturated heterocycles. The third-order valence-corrected chi connectivity index (χ3v) is 3.07. The van der Waals surface area contributed by atoms with Crippen LogP contribution >= 0.6 is 11.8 Å². The van der Waals surface area contributed by atoms with Crippen LogP contribution in [0.5, 0.6) is 0 Å². The maximum Gasteiger partial charge on any atom is 0.242 e. The lowest BCUT2D eigenvalue weighted by Gasteiger charge is -2.16. The fraction of sp³-hybridized carbons (Fsp3) is 0.333. The van der Waals surface area contributed by atoms with Crippen LogP contribution in [0.15, 0.2) is 35.5 Å². The normalized spacial score (nSPS) is 11.9. The summed E-state index contributed by atoms with van der Waals surface area (Å²) in [5, 5.41) is 11.7. The Bertz CT molecular complexity index is 520. The van der Waals surface area contributed by atoms with E-state index in [0.29, 0.717) is 5.52 Å². The summed E-state index contributed by atoms with van der Waals surface area (Å²) in [4.78, 5) is 5.15. The van der Waals surface area contributed by atoms with Gasteiger partial charge in [-0.25, -0.2) is 4.98 Å². The molecule has 16 heavy (non-hydrogen) atoms. The molecule has 2 aromatic rings. The Morgan fingerprint density at radius 2 is 2.12 bits per heavy atom. The molecular weight excluding hydrogens is 220 g/mol. The Hall–Kier alpha value is -1.29. The molecule has 0 aromatic carbocycles. The minimum atomic E-state index is 0.0927. The molecule has 4 heteroatoms. The van der Waals surface area contributed by atoms with Gasteiger partial charge in [0.1, 0.15) is 5.52 Å². The Morgan fingerprint density at radius 1 is 1.38 bits per heavy atom. The van der Waals surface area contributed by atoms with Gasteiger partial charge in [-0.1, -0.05) is 20.8 Å². The second-order valence-corrected chi connectivity index (χ2v) is 6.52. The van der Waals surface area contributed by atoms with Crippen molar-refractivity contribution in [2.24, 2.45) is 0 Å². The molecule has 0 unspecified atom stereocenters. The predicted molar refractivity (Wildman–Crippen MR) is 66.3 cm³/mol. The topological polar surface area (TPSA) is 39.8 Å². The summed E-state index contributed by atoms with van der Waals surface area (Å²) < 4.78 is 0.978. The zero-order chi connectivity index (χ0) is 11.8. The molecule has 3 nitrogen and oxygen atoms in total. The largest absolute Gasteiger partial charge is 0.618 e. The van der Waals surface area contributed by atoms with E-state index in [-0.39, 0.29) is 4.75 Å². The van der Waals surface area contributed by atoms with E-state index in [9.17, 15) is 5.21 Å². The highest BCUT2D eigenvalue weighted by Gasteiger charge is 2.15. The average molecular weight is 234 g/mol. The van der Waals surface area contributed by atoms with Crippen LogP contribution in [-0.2, 0) is 0 Å². The van der Waals surface area contributed by atoms with Gasteiger partial charge in [0.05, 0.1) is 4.90 Å². The van der Waals surface area contributed by atoms with E-state index in [0.717, 1.165) is 15.1 Å². The summed E-state index contributed by atoms with van der Waals surface area (Å²) in [6, 6.07) is 5.51. The SMILES string of the molecule is CC(C)(C)Sc1cc2ncccc2[n+]([O-])c1. The predicted octanol–water partition coefficient (Wildman–Crippen LogP) is 2.76. The summed E-state index contributed by atoms with van der Waals surface area (Å²) in [6.45, 7) is 6.36. The zero-order valence-electron chi connectivity index (χ0n) is 9.60. The first kappa shape index (κ1) is 11.2. The minimum absolute atomic E-state index is 0.0927. The number of pyridine rings is 2. The number of nitrogens with zero attached hydrogens (tertiary/aromatic N) is 2. The van der Waals surface area contributed by atoms with Crippen molar-refractivity contribution in [2.75, 3.05) is 0 Å². The number of rotatable bonds is 1. The van der Waals surface area contributed by atoms with E-state index >= 15 is 0 Å². The summed E-state index contributed by atoms with van der Waals surface area (Å²) in [5.74, 6) is 0. The summed E-state index contributed by atoms with van der Waals surface area (Å²) >= 11 is 1.67. The van der Waals surface area contributed by atoms with E-state index in [1.165, 1.54) is 0 Å². The molecule has 0 fully saturated rings. The fourth-order valence-corrected chi connectivity index (χ4v) is 2.50. The van der Waals surface area contributed by atoms with Crippen molar-refractivity contribution in [3.8, 4) is 0 Å². The van der Waals surface area contributed by atoms with Crippen LogP contribution in [0.25, 0.3) is 11.0 Å². The van der Waals surface area contributed by atoms with E-state index in [4.69, 9.17) is 0 Å². The van der Waals surface area contributed by atoms with Crippen LogP contribution in [0.3, 0.4) is 0 Å². The first-order chi connectivity index (χ1) is 7.46. The Kier molecular flexibility index (Phi) is 2.76. The van der Waals surface area contributed by atoms with Gasteiger partial charge in [-0.3, -0.25) is 0 Å². The van der Waals surface area contributed by atoms with Gasteiger partial charge >= 0.3 is 0 Å². The highest BCUT2D eigenvalue weighted by atomic mass is 32.2. The molecule has 2 heterocycles. The number of hydrogen-bond donors (Lipinski definition) is 0. The summed E-state index contributed by atoms with van der Waals surface area (Å²) in [5.41, 5.74) is 1.35. The first-order valence-electron chi connectivity index (χ1n) is 5.13. The van der Waals surface area contributed by atoms with Gasteiger partial charge in [0.2, 0.25) is 5.52 Å². The molecule has 0 amide bonds. The summed E-state index contributed by atoms with van der Waals surface area (Å²) in [7, 11) is 0. The summed E-state index contributed by atoms with van der Waals surface area (Å²) in [6.07, 6.45) is 3.31. The molecule has 0 spiro atoms. The Morgan fingerprint density at radius 3 is 2.81 bits per heavy atom. The average Bonchev–Trinajstić information content (AvgIpc) is 2.15. The Labute approximate surface area is 99.1 Å². The van der Waals surface area contributed by atoms with Gasteiger partial charge in [0.25, 0.3) is 0 Å². The smallest absolute Gasteiger partial charge is 0.242 e. The molecule has 84 valence electrons. The number of hydrogen-bond acceptors (Lipinski definition) is 3. The molecule has 0 bridgehead atoms. The molecule has 2 aromatic heterocycles. The fourth-order valence-electron chi connectivity index (χ4n) is 1.47. The van der Waals surface area contributed by atoms with E-state index in [1.807, 2.05) is 6.07 Å². The van der Waals surface area contributed by atoms with Crippen molar-refractivity contribution >= 4 is 22.8 Å². The van der Waals surface area contributed by atoms with Crippen LogP contribution < -0.4 is 4.73 Å². The molecule has 0 N–H and O–H groups in total. The quantitative estimate of drug-likeness (QED) is 0.433. The van der Waals surface area contributed by atoms with E-state index in [1.54, 1.807) is 36.3 Å². The molecule has 0 aliphatic carbocycles. The zero-order valence-corrected chi connectivity index (χ0v) is 10.4. The lowest BCUT2D eigenvalue weighted by molar-refractivity contribution is -0.579. The Balaban J connectivity index is 2.50. The molecule has 0 radical (unpaired) electrons. The van der Waals surface area contributed by atoms with Crippen LogP contribution in [0.1, 0.15) is 20.8 Å². The lowest BCUT2D eigenvalue weighted by Crippen LogP contribution is -2.27. The molecule has 0 saturated carbocycles.